The molecule has 0 aromatic heterocycles. The molecule has 7 heteroatoms. The molecule has 3 saturated heterocycles. The SMILES string of the molecule is Cl.Cl.c1ccc(OCCN2CCOCC2)c(CN2C[C@H]3CNC[C@H]3C2)c1. The van der Waals surface area contributed by atoms with Crippen molar-refractivity contribution in [2.45, 2.75) is 6.54 Å². The van der Waals surface area contributed by atoms with Crippen LogP contribution in [-0.2, 0) is 11.3 Å². The Kier molecular flexibility index (Phi) is 8.94. The van der Waals surface area contributed by atoms with Crippen molar-refractivity contribution in [3.05, 3.63) is 29.8 Å². The Morgan fingerprint density at radius 1 is 1.00 bits per heavy atom. The standard InChI is InChI=1S/C19H29N3O2.2ClH/c1-2-4-19(24-10-7-21-5-8-23-9-6-21)16(3-1)13-22-14-17-11-20-12-18(17)15-22;;/h1-4,17-18,20H,5-15H2;2*1H/t17-,18+;;. The van der Waals surface area contributed by atoms with Crippen LogP contribution < -0.4 is 10.1 Å². The van der Waals surface area contributed by atoms with E-state index in [4.69, 9.17) is 9.47 Å². The van der Waals surface area contributed by atoms with Gasteiger partial charge in [-0.2, -0.15) is 0 Å². The average Bonchev–Trinajstić information content (AvgIpc) is 3.19. The van der Waals surface area contributed by atoms with Gasteiger partial charge in [-0.25, -0.2) is 0 Å². The molecule has 0 amide bonds. The molecule has 1 aromatic rings. The van der Waals surface area contributed by atoms with Crippen molar-refractivity contribution in [2.24, 2.45) is 11.8 Å². The lowest BCUT2D eigenvalue weighted by Gasteiger charge is -2.26. The second-order valence-electron chi connectivity index (χ2n) is 7.28. The van der Waals surface area contributed by atoms with Crippen molar-refractivity contribution in [1.82, 2.24) is 15.1 Å². The van der Waals surface area contributed by atoms with Crippen LogP contribution in [0.25, 0.3) is 0 Å². The Hall–Kier alpha value is -0.560. The van der Waals surface area contributed by atoms with E-state index in [-0.39, 0.29) is 24.8 Å². The summed E-state index contributed by atoms with van der Waals surface area (Å²) in [6.07, 6.45) is 0. The van der Waals surface area contributed by atoms with Crippen LogP contribution in [0.5, 0.6) is 5.75 Å². The van der Waals surface area contributed by atoms with Crippen LogP contribution in [0, 0.1) is 11.8 Å². The van der Waals surface area contributed by atoms with Crippen LogP contribution in [0.1, 0.15) is 5.56 Å². The van der Waals surface area contributed by atoms with Gasteiger partial charge in [0.15, 0.2) is 0 Å². The largest absolute Gasteiger partial charge is 0.492 e. The molecule has 4 rings (SSSR count). The maximum atomic E-state index is 6.12. The van der Waals surface area contributed by atoms with Gasteiger partial charge in [-0.3, -0.25) is 9.80 Å². The van der Waals surface area contributed by atoms with Crippen molar-refractivity contribution in [1.29, 1.82) is 0 Å². The molecule has 0 unspecified atom stereocenters. The molecule has 3 aliphatic rings. The highest BCUT2D eigenvalue weighted by molar-refractivity contribution is 5.85. The van der Waals surface area contributed by atoms with E-state index in [1.54, 1.807) is 0 Å². The van der Waals surface area contributed by atoms with Crippen LogP contribution in [0.15, 0.2) is 24.3 Å². The lowest BCUT2D eigenvalue weighted by molar-refractivity contribution is 0.0321. The summed E-state index contributed by atoms with van der Waals surface area (Å²) >= 11 is 0. The smallest absolute Gasteiger partial charge is 0.123 e. The summed E-state index contributed by atoms with van der Waals surface area (Å²) in [4.78, 5) is 5.01. The molecule has 0 saturated carbocycles. The molecule has 0 radical (unpaired) electrons. The third-order valence-electron chi connectivity index (χ3n) is 5.60. The zero-order valence-electron chi connectivity index (χ0n) is 15.3. The molecule has 0 spiro atoms. The van der Waals surface area contributed by atoms with Crippen molar-refractivity contribution in [3.8, 4) is 5.75 Å². The van der Waals surface area contributed by atoms with Gasteiger partial charge in [-0.15, -0.1) is 24.8 Å². The fourth-order valence-corrected chi connectivity index (χ4v) is 4.21. The first-order valence-electron chi connectivity index (χ1n) is 9.32. The number of nitrogens with zero attached hydrogens (tertiary/aromatic N) is 2. The van der Waals surface area contributed by atoms with E-state index in [0.717, 1.165) is 63.6 Å². The van der Waals surface area contributed by atoms with Crippen molar-refractivity contribution >= 4 is 24.8 Å². The fraction of sp³-hybridized carbons (Fsp3) is 0.684. The van der Waals surface area contributed by atoms with Crippen LogP contribution in [0.3, 0.4) is 0 Å². The summed E-state index contributed by atoms with van der Waals surface area (Å²) < 4.78 is 11.5. The molecule has 0 bridgehead atoms. The van der Waals surface area contributed by atoms with E-state index in [9.17, 15) is 0 Å². The molecule has 5 nitrogen and oxygen atoms in total. The zero-order valence-corrected chi connectivity index (χ0v) is 16.9. The van der Waals surface area contributed by atoms with Gasteiger partial charge in [-0.1, -0.05) is 18.2 Å². The molecule has 1 aromatic carbocycles. The molecular formula is C19H31Cl2N3O2. The molecule has 0 aliphatic carbocycles. The molecule has 3 heterocycles. The molecule has 2 atom stereocenters. The highest BCUT2D eigenvalue weighted by atomic mass is 35.5. The maximum Gasteiger partial charge on any atom is 0.123 e. The minimum absolute atomic E-state index is 0. The molecule has 3 aliphatic heterocycles. The fourth-order valence-electron chi connectivity index (χ4n) is 4.21. The number of fused-ring (bicyclic) bond motifs is 1. The van der Waals surface area contributed by atoms with Crippen LogP contribution in [0.2, 0.25) is 0 Å². The predicted molar refractivity (Wildman–Crippen MR) is 109 cm³/mol. The Morgan fingerprint density at radius 2 is 1.69 bits per heavy atom. The third-order valence-corrected chi connectivity index (χ3v) is 5.60. The third kappa shape index (κ3) is 5.47. The van der Waals surface area contributed by atoms with E-state index in [1.165, 1.54) is 31.7 Å². The molecule has 1 N–H and O–H groups in total. The minimum atomic E-state index is 0. The molecule has 148 valence electrons. The predicted octanol–water partition coefficient (Wildman–Crippen LogP) is 1.89. The summed E-state index contributed by atoms with van der Waals surface area (Å²) in [7, 11) is 0. The van der Waals surface area contributed by atoms with E-state index < -0.39 is 0 Å². The second kappa shape index (κ2) is 10.7. The Labute approximate surface area is 169 Å². The summed E-state index contributed by atoms with van der Waals surface area (Å²) in [6, 6.07) is 8.54. The van der Waals surface area contributed by atoms with Gasteiger partial charge in [-0.05, 0) is 31.0 Å². The number of rotatable bonds is 6. The number of hydrogen-bond donors (Lipinski definition) is 1. The number of halogens is 2. The number of nitrogens with one attached hydrogen (secondary N) is 1. The molecule has 3 fully saturated rings. The van der Waals surface area contributed by atoms with E-state index >= 15 is 0 Å². The summed E-state index contributed by atoms with van der Waals surface area (Å²) in [5.74, 6) is 2.75. The second-order valence-corrected chi connectivity index (χ2v) is 7.28. The molecular weight excluding hydrogens is 373 g/mol. The van der Waals surface area contributed by atoms with Gasteiger partial charge in [0.05, 0.1) is 13.2 Å². The van der Waals surface area contributed by atoms with Crippen molar-refractivity contribution in [3.63, 3.8) is 0 Å². The summed E-state index contributed by atoms with van der Waals surface area (Å²) in [5, 5.41) is 3.51. The average molecular weight is 404 g/mol. The first kappa shape index (κ1) is 21.7. The Balaban J connectivity index is 0.00000121. The summed E-state index contributed by atoms with van der Waals surface area (Å²) in [5.41, 5.74) is 1.33. The number of benzene rings is 1. The highest BCUT2D eigenvalue weighted by Gasteiger charge is 2.35. The Morgan fingerprint density at radius 3 is 2.42 bits per heavy atom. The van der Waals surface area contributed by atoms with Crippen molar-refractivity contribution < 1.29 is 9.47 Å². The maximum absolute atomic E-state index is 6.12. The quantitative estimate of drug-likeness (QED) is 0.784. The molecule has 26 heavy (non-hydrogen) atoms. The highest BCUT2D eigenvalue weighted by Crippen LogP contribution is 2.29. The Bertz CT molecular complexity index is 531. The van der Waals surface area contributed by atoms with Crippen LogP contribution in [-0.4, -0.2) is 75.4 Å². The number of para-hydroxylation sites is 1. The lowest BCUT2D eigenvalue weighted by atomic mass is 10.0. The number of ether oxygens (including phenoxy) is 2. The van der Waals surface area contributed by atoms with E-state index in [2.05, 4.69) is 39.4 Å². The summed E-state index contributed by atoms with van der Waals surface area (Å²) in [6.45, 7) is 11.3. The minimum Gasteiger partial charge on any atom is -0.492 e. The number of likely N-dealkylation sites (tertiary alicyclic amines) is 1. The van der Waals surface area contributed by atoms with Gasteiger partial charge < -0.3 is 14.8 Å². The van der Waals surface area contributed by atoms with Gasteiger partial charge in [0.2, 0.25) is 0 Å². The normalized spacial score (nSPS) is 26.0. The van der Waals surface area contributed by atoms with Gasteiger partial charge in [0.25, 0.3) is 0 Å². The van der Waals surface area contributed by atoms with Gasteiger partial charge in [0, 0.05) is 44.8 Å². The van der Waals surface area contributed by atoms with E-state index in [1.807, 2.05) is 0 Å². The first-order chi connectivity index (χ1) is 11.9. The number of morpholine rings is 1. The van der Waals surface area contributed by atoms with Crippen LogP contribution in [0.4, 0.5) is 0 Å². The van der Waals surface area contributed by atoms with Crippen molar-refractivity contribution in [2.75, 3.05) is 65.6 Å². The van der Waals surface area contributed by atoms with Gasteiger partial charge >= 0.3 is 0 Å². The number of hydrogen-bond acceptors (Lipinski definition) is 5. The first-order valence-corrected chi connectivity index (χ1v) is 9.32. The van der Waals surface area contributed by atoms with Crippen LogP contribution >= 0.6 is 24.8 Å². The lowest BCUT2D eigenvalue weighted by Crippen LogP contribution is -2.38. The van der Waals surface area contributed by atoms with Gasteiger partial charge in [0.1, 0.15) is 12.4 Å². The van der Waals surface area contributed by atoms with E-state index in [0.29, 0.717) is 0 Å². The topological polar surface area (TPSA) is 37.0 Å². The zero-order chi connectivity index (χ0) is 16.2. The monoisotopic (exact) mass is 403 g/mol.